The Hall–Kier alpha value is -2.10. The Bertz CT molecular complexity index is 566. The topological polar surface area (TPSA) is 48.4 Å². The molecular formula is C14H15NO3. The third-order valence-corrected chi connectivity index (χ3v) is 2.58. The number of esters is 1. The zero-order valence-corrected chi connectivity index (χ0v) is 10.5. The number of hydrogen-bond acceptors (Lipinski definition) is 4. The highest BCUT2D eigenvalue weighted by Crippen LogP contribution is 2.19. The molecule has 94 valence electrons. The number of carbonyl (C=O) groups excluding carboxylic acids is 1. The summed E-state index contributed by atoms with van der Waals surface area (Å²) in [5.41, 5.74) is 1.56. The van der Waals surface area contributed by atoms with Crippen molar-refractivity contribution in [1.82, 2.24) is 4.98 Å². The van der Waals surface area contributed by atoms with Gasteiger partial charge in [0, 0.05) is 5.39 Å². The van der Waals surface area contributed by atoms with Gasteiger partial charge in [-0.1, -0.05) is 6.07 Å². The molecule has 2 aromatic rings. The Kier molecular flexibility index (Phi) is 3.77. The maximum atomic E-state index is 11.4. The smallest absolute Gasteiger partial charge is 0.311 e. The van der Waals surface area contributed by atoms with Crippen LogP contribution < -0.4 is 4.74 Å². The Balaban J connectivity index is 2.25. The Morgan fingerprint density at radius 3 is 2.83 bits per heavy atom. The van der Waals surface area contributed by atoms with Gasteiger partial charge >= 0.3 is 5.97 Å². The van der Waals surface area contributed by atoms with Crippen LogP contribution in [0.2, 0.25) is 0 Å². The molecule has 0 aliphatic carbocycles. The van der Waals surface area contributed by atoms with Crippen molar-refractivity contribution in [3.05, 3.63) is 36.0 Å². The van der Waals surface area contributed by atoms with Crippen LogP contribution in [0, 0.1) is 0 Å². The van der Waals surface area contributed by atoms with Crippen molar-refractivity contribution < 1.29 is 14.3 Å². The van der Waals surface area contributed by atoms with Crippen LogP contribution in [0.4, 0.5) is 0 Å². The van der Waals surface area contributed by atoms with Gasteiger partial charge in [0.1, 0.15) is 5.75 Å². The number of carbonyl (C=O) groups is 1. The van der Waals surface area contributed by atoms with Crippen molar-refractivity contribution in [2.24, 2.45) is 0 Å². The number of nitrogens with zero attached hydrogens (tertiary/aromatic N) is 1. The lowest BCUT2D eigenvalue weighted by molar-refractivity contribution is -0.142. The Morgan fingerprint density at radius 2 is 2.11 bits per heavy atom. The minimum atomic E-state index is -0.252. The molecule has 4 nitrogen and oxygen atoms in total. The van der Waals surface area contributed by atoms with Gasteiger partial charge in [-0.2, -0.15) is 0 Å². The second-order valence-corrected chi connectivity index (χ2v) is 3.84. The van der Waals surface area contributed by atoms with Crippen LogP contribution >= 0.6 is 0 Å². The van der Waals surface area contributed by atoms with Crippen LogP contribution in [0.5, 0.6) is 5.75 Å². The number of methoxy groups -OCH3 is 1. The lowest BCUT2D eigenvalue weighted by atomic mass is 10.1. The van der Waals surface area contributed by atoms with Crippen molar-refractivity contribution in [2.45, 2.75) is 13.3 Å². The van der Waals surface area contributed by atoms with E-state index in [2.05, 4.69) is 4.98 Å². The first-order valence-corrected chi connectivity index (χ1v) is 5.82. The van der Waals surface area contributed by atoms with Crippen molar-refractivity contribution >= 4 is 16.9 Å². The Labute approximate surface area is 106 Å². The van der Waals surface area contributed by atoms with E-state index in [1.807, 2.05) is 30.3 Å². The van der Waals surface area contributed by atoms with Crippen molar-refractivity contribution in [3.63, 3.8) is 0 Å². The van der Waals surface area contributed by atoms with E-state index in [1.165, 1.54) is 0 Å². The number of ether oxygens (including phenoxy) is 2. The number of aromatic nitrogens is 1. The zero-order chi connectivity index (χ0) is 13.0. The molecule has 0 unspecified atom stereocenters. The third kappa shape index (κ3) is 2.77. The third-order valence-electron chi connectivity index (χ3n) is 2.58. The maximum absolute atomic E-state index is 11.4. The second kappa shape index (κ2) is 5.49. The van der Waals surface area contributed by atoms with Crippen LogP contribution in [0.25, 0.3) is 10.9 Å². The molecule has 0 spiro atoms. The maximum Gasteiger partial charge on any atom is 0.311 e. The summed E-state index contributed by atoms with van der Waals surface area (Å²) in [5, 5.41) is 0.988. The highest BCUT2D eigenvalue weighted by molar-refractivity contribution is 5.81. The van der Waals surface area contributed by atoms with Gasteiger partial charge in [0.15, 0.2) is 0 Å². The van der Waals surface area contributed by atoms with E-state index in [4.69, 9.17) is 9.47 Å². The minimum absolute atomic E-state index is 0.204. The molecule has 0 aliphatic heterocycles. The standard InChI is InChI=1S/C14H15NO3/c1-3-18-14(16)9-11-5-4-10-8-12(17-2)6-7-13(10)15-11/h4-8H,3,9H2,1-2H3. The predicted molar refractivity (Wildman–Crippen MR) is 68.6 cm³/mol. The van der Waals surface area contributed by atoms with Crippen LogP contribution in [-0.2, 0) is 16.0 Å². The number of benzene rings is 1. The van der Waals surface area contributed by atoms with Gasteiger partial charge in [0.25, 0.3) is 0 Å². The summed E-state index contributed by atoms with van der Waals surface area (Å²) in [6, 6.07) is 9.40. The zero-order valence-electron chi connectivity index (χ0n) is 10.5. The van der Waals surface area contributed by atoms with E-state index in [1.54, 1.807) is 14.0 Å². The summed E-state index contributed by atoms with van der Waals surface area (Å²) in [4.78, 5) is 15.8. The van der Waals surface area contributed by atoms with Crippen LogP contribution in [-0.4, -0.2) is 24.7 Å². The predicted octanol–water partition coefficient (Wildman–Crippen LogP) is 2.35. The average molecular weight is 245 g/mol. The van der Waals surface area contributed by atoms with Crippen LogP contribution in [0.3, 0.4) is 0 Å². The van der Waals surface area contributed by atoms with E-state index in [9.17, 15) is 4.79 Å². The van der Waals surface area contributed by atoms with Gasteiger partial charge in [-0.3, -0.25) is 9.78 Å². The van der Waals surface area contributed by atoms with Gasteiger partial charge in [-0.15, -0.1) is 0 Å². The summed E-state index contributed by atoms with van der Waals surface area (Å²) in [7, 11) is 1.63. The van der Waals surface area contributed by atoms with E-state index < -0.39 is 0 Å². The molecular weight excluding hydrogens is 230 g/mol. The number of rotatable bonds is 4. The number of pyridine rings is 1. The molecule has 0 N–H and O–H groups in total. The summed E-state index contributed by atoms with van der Waals surface area (Å²) in [6.07, 6.45) is 0.204. The van der Waals surface area contributed by atoms with Gasteiger partial charge in [0.2, 0.25) is 0 Å². The van der Waals surface area contributed by atoms with Crippen molar-refractivity contribution in [2.75, 3.05) is 13.7 Å². The van der Waals surface area contributed by atoms with Gasteiger partial charge in [0.05, 0.1) is 31.3 Å². The SMILES string of the molecule is CCOC(=O)Cc1ccc2cc(OC)ccc2n1. The number of hydrogen-bond donors (Lipinski definition) is 0. The molecule has 0 atom stereocenters. The summed E-state index contributed by atoms with van der Waals surface area (Å²) in [6.45, 7) is 2.18. The first kappa shape index (κ1) is 12.4. The molecule has 2 rings (SSSR count). The normalized spacial score (nSPS) is 10.3. The highest BCUT2D eigenvalue weighted by Gasteiger charge is 2.06. The first-order valence-electron chi connectivity index (χ1n) is 5.82. The van der Waals surface area contributed by atoms with Gasteiger partial charge < -0.3 is 9.47 Å². The van der Waals surface area contributed by atoms with Crippen molar-refractivity contribution in [3.8, 4) is 5.75 Å². The van der Waals surface area contributed by atoms with Gasteiger partial charge in [-0.05, 0) is 31.2 Å². The summed E-state index contributed by atoms with van der Waals surface area (Å²) >= 11 is 0. The second-order valence-electron chi connectivity index (χ2n) is 3.84. The lowest BCUT2D eigenvalue weighted by Gasteiger charge is -2.05. The van der Waals surface area contributed by atoms with Gasteiger partial charge in [-0.25, -0.2) is 0 Å². The molecule has 18 heavy (non-hydrogen) atoms. The largest absolute Gasteiger partial charge is 0.497 e. The highest BCUT2D eigenvalue weighted by atomic mass is 16.5. The van der Waals surface area contributed by atoms with E-state index in [0.29, 0.717) is 12.3 Å². The minimum Gasteiger partial charge on any atom is -0.497 e. The Morgan fingerprint density at radius 1 is 1.28 bits per heavy atom. The quantitative estimate of drug-likeness (QED) is 0.776. The summed E-state index contributed by atoms with van der Waals surface area (Å²) < 4.78 is 10.0. The molecule has 0 aliphatic rings. The molecule has 0 radical (unpaired) electrons. The van der Waals surface area contributed by atoms with E-state index in [-0.39, 0.29) is 12.4 Å². The van der Waals surface area contributed by atoms with E-state index in [0.717, 1.165) is 16.7 Å². The number of fused-ring (bicyclic) bond motifs is 1. The molecule has 1 aromatic carbocycles. The molecule has 0 fully saturated rings. The molecule has 0 amide bonds. The average Bonchev–Trinajstić information content (AvgIpc) is 2.38. The molecule has 0 bridgehead atoms. The molecule has 0 saturated heterocycles. The van der Waals surface area contributed by atoms with E-state index >= 15 is 0 Å². The van der Waals surface area contributed by atoms with Crippen LogP contribution in [0.1, 0.15) is 12.6 Å². The molecule has 1 aromatic heterocycles. The monoisotopic (exact) mass is 245 g/mol. The fourth-order valence-corrected chi connectivity index (χ4v) is 1.73. The summed E-state index contributed by atoms with van der Waals surface area (Å²) in [5.74, 6) is 0.542. The lowest BCUT2D eigenvalue weighted by Crippen LogP contribution is -2.08. The van der Waals surface area contributed by atoms with Crippen LogP contribution in [0.15, 0.2) is 30.3 Å². The molecule has 1 heterocycles. The van der Waals surface area contributed by atoms with Crippen molar-refractivity contribution in [1.29, 1.82) is 0 Å². The first-order chi connectivity index (χ1) is 8.72. The fourth-order valence-electron chi connectivity index (χ4n) is 1.73. The molecule has 4 heteroatoms. The molecule has 0 saturated carbocycles. The fraction of sp³-hybridized carbons (Fsp3) is 0.286.